The van der Waals surface area contributed by atoms with Gasteiger partial charge in [0.2, 0.25) is 5.91 Å². The molecule has 1 aliphatic carbocycles. The van der Waals surface area contributed by atoms with E-state index in [1.54, 1.807) is 4.68 Å². The minimum absolute atomic E-state index is 0.120. The van der Waals surface area contributed by atoms with E-state index in [4.69, 9.17) is 0 Å². The molecule has 2 fully saturated rings. The van der Waals surface area contributed by atoms with E-state index < -0.39 is 0 Å². The van der Waals surface area contributed by atoms with Gasteiger partial charge in [0.05, 0.1) is 11.7 Å². The summed E-state index contributed by atoms with van der Waals surface area (Å²) in [5, 5.41) is 9.57. The fourth-order valence-corrected chi connectivity index (χ4v) is 4.01. The van der Waals surface area contributed by atoms with Gasteiger partial charge < -0.3 is 9.88 Å². The number of nitrogens with zero attached hydrogens (tertiary/aromatic N) is 4. The molecule has 134 valence electrons. The fourth-order valence-electron chi connectivity index (χ4n) is 4.01. The van der Waals surface area contributed by atoms with E-state index in [-0.39, 0.29) is 18.5 Å². The third kappa shape index (κ3) is 2.89. The zero-order valence-corrected chi connectivity index (χ0v) is 14.8. The van der Waals surface area contributed by atoms with Crippen LogP contribution in [0.15, 0.2) is 36.5 Å². The van der Waals surface area contributed by atoms with Gasteiger partial charge in [-0.3, -0.25) is 4.79 Å². The van der Waals surface area contributed by atoms with Crippen molar-refractivity contribution in [3.05, 3.63) is 47.9 Å². The predicted octanol–water partition coefficient (Wildman–Crippen LogP) is 3.39. The van der Waals surface area contributed by atoms with Gasteiger partial charge in [-0.1, -0.05) is 23.4 Å². The highest BCUT2D eigenvalue weighted by Crippen LogP contribution is 2.38. The Bertz CT molecular complexity index is 905. The number of nitrogens with one attached hydrogen (secondary N) is 1. The van der Waals surface area contributed by atoms with Crippen LogP contribution < -0.4 is 0 Å². The lowest BCUT2D eigenvalue weighted by Crippen LogP contribution is -2.40. The summed E-state index contributed by atoms with van der Waals surface area (Å²) in [6.45, 7) is 1.08. The predicted molar refractivity (Wildman–Crippen MR) is 98.6 cm³/mol. The SMILES string of the molecule is O=C(Cn1cc(C2CC2)nn1)N1CCCC[C@H]1c1cc2ccccc2[nH]1. The molecule has 1 saturated heterocycles. The summed E-state index contributed by atoms with van der Waals surface area (Å²) in [7, 11) is 0. The van der Waals surface area contributed by atoms with E-state index in [1.165, 1.54) is 18.2 Å². The molecule has 3 heterocycles. The maximum atomic E-state index is 13.0. The summed E-state index contributed by atoms with van der Waals surface area (Å²) >= 11 is 0. The maximum Gasteiger partial charge on any atom is 0.244 e. The number of aromatic nitrogens is 4. The minimum Gasteiger partial charge on any atom is -0.357 e. The number of hydrogen-bond donors (Lipinski definition) is 1. The molecular weight excluding hydrogens is 326 g/mol. The quantitative estimate of drug-likeness (QED) is 0.785. The van der Waals surface area contributed by atoms with Crippen molar-refractivity contribution in [1.82, 2.24) is 24.9 Å². The molecule has 0 radical (unpaired) electrons. The lowest BCUT2D eigenvalue weighted by molar-refractivity contribution is -0.136. The number of para-hydroxylation sites is 1. The summed E-state index contributed by atoms with van der Waals surface area (Å²) in [5.41, 5.74) is 3.30. The molecule has 1 amide bonds. The standard InChI is InChI=1S/C20H23N5O/c26-20(13-24-12-18(22-23-24)14-8-9-14)25-10-4-3-7-19(25)17-11-15-5-1-2-6-16(15)21-17/h1-2,5-6,11-12,14,19,21H,3-4,7-10,13H2/t19-/m0/s1. The van der Waals surface area contributed by atoms with Gasteiger partial charge in [-0.25, -0.2) is 4.68 Å². The number of carbonyl (C=O) groups excluding carboxylic acids is 1. The molecule has 0 bridgehead atoms. The number of carbonyl (C=O) groups is 1. The number of H-pyrrole nitrogens is 1. The molecule has 1 N–H and O–H groups in total. The molecule has 5 rings (SSSR count). The number of rotatable bonds is 4. The second-order valence-corrected chi connectivity index (χ2v) is 7.53. The van der Waals surface area contributed by atoms with Crippen LogP contribution in [0, 0.1) is 0 Å². The summed E-state index contributed by atoms with van der Waals surface area (Å²) in [6, 6.07) is 10.6. The minimum atomic E-state index is 0.120. The zero-order valence-electron chi connectivity index (χ0n) is 14.8. The van der Waals surface area contributed by atoms with Gasteiger partial charge in [0.1, 0.15) is 6.54 Å². The number of hydrogen-bond acceptors (Lipinski definition) is 3. The highest BCUT2D eigenvalue weighted by molar-refractivity contribution is 5.81. The van der Waals surface area contributed by atoms with E-state index in [0.29, 0.717) is 5.92 Å². The first-order chi connectivity index (χ1) is 12.8. The van der Waals surface area contributed by atoms with Crippen LogP contribution in [0.2, 0.25) is 0 Å². The van der Waals surface area contributed by atoms with E-state index >= 15 is 0 Å². The number of amides is 1. The monoisotopic (exact) mass is 349 g/mol. The van der Waals surface area contributed by atoms with Gasteiger partial charge in [0, 0.05) is 29.9 Å². The van der Waals surface area contributed by atoms with Crippen LogP contribution in [0.1, 0.15) is 55.5 Å². The molecule has 6 heteroatoms. The third-order valence-corrected chi connectivity index (χ3v) is 5.58. The molecular formula is C20H23N5O. The largest absolute Gasteiger partial charge is 0.357 e. The van der Waals surface area contributed by atoms with Crippen LogP contribution in [-0.4, -0.2) is 37.3 Å². The second-order valence-electron chi connectivity index (χ2n) is 7.53. The molecule has 1 atom stereocenters. The van der Waals surface area contributed by atoms with Crippen LogP contribution in [0.5, 0.6) is 0 Å². The number of piperidine rings is 1. The molecule has 1 aliphatic heterocycles. The van der Waals surface area contributed by atoms with Crippen LogP contribution in [-0.2, 0) is 11.3 Å². The van der Waals surface area contributed by atoms with Crippen molar-refractivity contribution < 1.29 is 4.79 Å². The molecule has 26 heavy (non-hydrogen) atoms. The Morgan fingerprint density at radius 1 is 1.19 bits per heavy atom. The number of benzene rings is 1. The van der Waals surface area contributed by atoms with E-state index in [9.17, 15) is 4.79 Å². The van der Waals surface area contributed by atoms with Crippen molar-refractivity contribution >= 4 is 16.8 Å². The van der Waals surface area contributed by atoms with E-state index in [1.807, 2.05) is 23.2 Å². The van der Waals surface area contributed by atoms with Gasteiger partial charge in [-0.15, -0.1) is 5.10 Å². The summed E-state index contributed by atoms with van der Waals surface area (Å²) in [4.78, 5) is 18.5. The van der Waals surface area contributed by atoms with Crippen molar-refractivity contribution in [3.63, 3.8) is 0 Å². The van der Waals surface area contributed by atoms with E-state index in [2.05, 4.69) is 33.5 Å². The summed E-state index contributed by atoms with van der Waals surface area (Å²) in [5.74, 6) is 0.688. The Labute approximate surface area is 152 Å². The van der Waals surface area contributed by atoms with Crippen LogP contribution in [0.25, 0.3) is 10.9 Å². The Hall–Kier alpha value is -2.63. The normalized spacial score (nSPS) is 20.6. The Morgan fingerprint density at radius 2 is 2.08 bits per heavy atom. The molecule has 0 spiro atoms. The summed E-state index contributed by atoms with van der Waals surface area (Å²) < 4.78 is 1.70. The molecule has 2 aromatic heterocycles. The third-order valence-electron chi connectivity index (χ3n) is 5.58. The molecule has 0 unspecified atom stereocenters. The average molecular weight is 349 g/mol. The van der Waals surface area contributed by atoms with Crippen LogP contribution in [0.3, 0.4) is 0 Å². The number of likely N-dealkylation sites (tertiary alicyclic amines) is 1. The van der Waals surface area contributed by atoms with Crippen molar-refractivity contribution in [3.8, 4) is 0 Å². The van der Waals surface area contributed by atoms with Crippen molar-refractivity contribution in [2.75, 3.05) is 6.54 Å². The van der Waals surface area contributed by atoms with Gasteiger partial charge in [0.15, 0.2) is 0 Å². The zero-order chi connectivity index (χ0) is 17.5. The first-order valence-electron chi connectivity index (χ1n) is 9.55. The molecule has 2 aliphatic rings. The Morgan fingerprint density at radius 3 is 2.92 bits per heavy atom. The Kier molecular flexibility index (Phi) is 3.76. The molecule has 1 saturated carbocycles. The Balaban J connectivity index is 1.36. The molecule has 1 aromatic carbocycles. The molecule has 6 nitrogen and oxygen atoms in total. The van der Waals surface area contributed by atoms with Gasteiger partial charge >= 0.3 is 0 Å². The lowest BCUT2D eigenvalue weighted by atomic mass is 9.99. The average Bonchev–Trinajstić information content (AvgIpc) is 3.26. The number of fused-ring (bicyclic) bond motifs is 1. The van der Waals surface area contributed by atoms with Crippen molar-refractivity contribution in [2.24, 2.45) is 0 Å². The second kappa shape index (κ2) is 6.27. The topological polar surface area (TPSA) is 66.8 Å². The van der Waals surface area contributed by atoms with Crippen molar-refractivity contribution in [2.45, 2.75) is 50.6 Å². The lowest BCUT2D eigenvalue weighted by Gasteiger charge is -2.35. The number of aromatic amines is 1. The van der Waals surface area contributed by atoms with Gasteiger partial charge in [0.25, 0.3) is 0 Å². The highest BCUT2D eigenvalue weighted by Gasteiger charge is 2.30. The smallest absolute Gasteiger partial charge is 0.244 e. The highest BCUT2D eigenvalue weighted by atomic mass is 16.2. The fraction of sp³-hybridized carbons (Fsp3) is 0.450. The maximum absolute atomic E-state index is 13.0. The summed E-state index contributed by atoms with van der Waals surface area (Å²) in [6.07, 6.45) is 7.55. The van der Waals surface area contributed by atoms with Gasteiger partial charge in [-0.2, -0.15) is 0 Å². The van der Waals surface area contributed by atoms with Crippen molar-refractivity contribution in [1.29, 1.82) is 0 Å². The van der Waals surface area contributed by atoms with E-state index in [0.717, 1.165) is 42.7 Å². The van der Waals surface area contributed by atoms with Crippen LogP contribution in [0.4, 0.5) is 0 Å². The molecule has 3 aromatic rings. The van der Waals surface area contributed by atoms with Gasteiger partial charge in [-0.05, 0) is 49.6 Å². The first-order valence-corrected chi connectivity index (χ1v) is 9.55. The first kappa shape index (κ1) is 15.6. The van der Waals surface area contributed by atoms with Crippen LogP contribution >= 0.6 is 0 Å².